The third-order valence-electron chi connectivity index (χ3n) is 5.83. The van der Waals surface area contributed by atoms with Crippen LogP contribution in [0, 0.1) is 11.8 Å². The molecular weight excluding hydrogens is 272 g/mol. The second-order valence-corrected chi connectivity index (χ2v) is 6.88. The van der Waals surface area contributed by atoms with E-state index in [0.717, 1.165) is 47.8 Å². The van der Waals surface area contributed by atoms with Crippen molar-refractivity contribution in [2.24, 2.45) is 11.8 Å². The summed E-state index contributed by atoms with van der Waals surface area (Å²) in [4.78, 5) is 6.94. The Labute approximate surface area is 132 Å². The van der Waals surface area contributed by atoms with Gasteiger partial charge in [-0.1, -0.05) is 31.5 Å². The lowest BCUT2D eigenvalue weighted by Crippen LogP contribution is -2.55. The number of aliphatic hydroxyl groups excluding tert-OH is 1. The Bertz CT molecular complexity index is 666. The Morgan fingerprint density at radius 2 is 2.18 bits per heavy atom. The minimum atomic E-state index is -0.409. The molecule has 3 aliphatic rings. The van der Waals surface area contributed by atoms with Crippen LogP contribution in [0.3, 0.4) is 0 Å². The fourth-order valence-corrected chi connectivity index (χ4v) is 4.55. The third-order valence-corrected chi connectivity index (χ3v) is 5.83. The summed E-state index contributed by atoms with van der Waals surface area (Å²) in [5, 5.41) is 12.1. The fourth-order valence-electron chi connectivity index (χ4n) is 4.55. The number of aliphatic hydroxyl groups is 1. The van der Waals surface area contributed by atoms with Crippen molar-refractivity contribution in [2.45, 2.75) is 38.3 Å². The first-order valence-corrected chi connectivity index (χ1v) is 8.53. The highest BCUT2D eigenvalue weighted by Crippen LogP contribution is 2.42. The van der Waals surface area contributed by atoms with Crippen LogP contribution < -0.4 is 0 Å². The van der Waals surface area contributed by atoms with Crippen LogP contribution in [0.4, 0.5) is 0 Å². The van der Waals surface area contributed by atoms with E-state index in [0.29, 0.717) is 0 Å². The molecule has 5 atom stereocenters. The van der Waals surface area contributed by atoms with E-state index in [2.05, 4.69) is 22.9 Å². The molecule has 1 N–H and O–H groups in total. The van der Waals surface area contributed by atoms with Crippen LogP contribution in [-0.4, -0.2) is 34.1 Å². The molecule has 0 spiro atoms. The van der Waals surface area contributed by atoms with E-state index in [1.807, 2.05) is 30.5 Å². The average molecular weight is 296 g/mol. The molecule has 0 radical (unpaired) electrons. The summed E-state index contributed by atoms with van der Waals surface area (Å²) >= 11 is 0. The van der Waals surface area contributed by atoms with Crippen molar-refractivity contribution in [3.8, 4) is 0 Å². The second-order valence-electron chi connectivity index (χ2n) is 6.88. The zero-order valence-corrected chi connectivity index (χ0v) is 13.2. The lowest BCUT2D eigenvalue weighted by atomic mass is 9.72. The quantitative estimate of drug-likeness (QED) is 0.943. The van der Waals surface area contributed by atoms with Crippen LogP contribution >= 0.6 is 0 Å². The average Bonchev–Trinajstić information content (AvgIpc) is 2.60. The van der Waals surface area contributed by atoms with Crippen molar-refractivity contribution >= 4 is 10.9 Å². The second kappa shape index (κ2) is 5.64. The van der Waals surface area contributed by atoms with Crippen molar-refractivity contribution in [3.05, 3.63) is 42.1 Å². The molecule has 2 aromatic rings. The molecule has 5 rings (SSSR count). The van der Waals surface area contributed by atoms with Gasteiger partial charge in [-0.15, -0.1) is 0 Å². The topological polar surface area (TPSA) is 36.4 Å². The molecule has 3 heteroatoms. The van der Waals surface area contributed by atoms with E-state index in [1.54, 1.807) is 0 Å². The first-order chi connectivity index (χ1) is 10.8. The van der Waals surface area contributed by atoms with Gasteiger partial charge in [-0.3, -0.25) is 9.88 Å². The molecule has 4 heterocycles. The van der Waals surface area contributed by atoms with Crippen LogP contribution in [0.2, 0.25) is 0 Å². The summed E-state index contributed by atoms with van der Waals surface area (Å²) in [5.41, 5.74) is 2.01. The number of nitrogens with zero attached hydrogens (tertiary/aromatic N) is 2. The third kappa shape index (κ3) is 2.24. The smallest absolute Gasteiger partial charge is 0.0952 e. The van der Waals surface area contributed by atoms with Gasteiger partial charge in [0, 0.05) is 24.2 Å². The molecule has 116 valence electrons. The monoisotopic (exact) mass is 296 g/mol. The number of para-hydroxylation sites is 1. The molecule has 3 saturated heterocycles. The summed E-state index contributed by atoms with van der Waals surface area (Å²) in [6, 6.07) is 10.4. The number of rotatable bonds is 3. The number of pyridine rings is 1. The van der Waals surface area contributed by atoms with Gasteiger partial charge >= 0.3 is 0 Å². The van der Waals surface area contributed by atoms with E-state index in [1.165, 1.54) is 12.8 Å². The zero-order valence-electron chi connectivity index (χ0n) is 13.2. The van der Waals surface area contributed by atoms with E-state index in [9.17, 15) is 5.11 Å². The molecule has 3 unspecified atom stereocenters. The van der Waals surface area contributed by atoms with E-state index < -0.39 is 6.10 Å². The van der Waals surface area contributed by atoms with Gasteiger partial charge in [-0.2, -0.15) is 0 Å². The SMILES string of the molecule is CC[C@H]1CN2CCC1CC2[C@@H](O)c1ccnc2ccccc12. The van der Waals surface area contributed by atoms with Crippen molar-refractivity contribution in [1.29, 1.82) is 0 Å². The zero-order chi connectivity index (χ0) is 15.1. The van der Waals surface area contributed by atoms with Gasteiger partial charge in [0.2, 0.25) is 0 Å². The number of hydrogen-bond donors (Lipinski definition) is 1. The number of hydrogen-bond acceptors (Lipinski definition) is 3. The van der Waals surface area contributed by atoms with Crippen LogP contribution in [0.25, 0.3) is 10.9 Å². The van der Waals surface area contributed by atoms with Gasteiger partial charge in [0.05, 0.1) is 11.6 Å². The van der Waals surface area contributed by atoms with Gasteiger partial charge in [0.1, 0.15) is 0 Å². The van der Waals surface area contributed by atoms with Crippen LogP contribution in [0.15, 0.2) is 36.5 Å². The molecule has 1 aromatic heterocycles. The maximum Gasteiger partial charge on any atom is 0.0952 e. The molecule has 3 aliphatic heterocycles. The van der Waals surface area contributed by atoms with Crippen LogP contribution in [-0.2, 0) is 0 Å². The first-order valence-electron chi connectivity index (χ1n) is 8.53. The van der Waals surface area contributed by atoms with E-state index >= 15 is 0 Å². The molecule has 0 aliphatic carbocycles. The predicted molar refractivity (Wildman–Crippen MR) is 88.6 cm³/mol. The Balaban J connectivity index is 1.66. The molecule has 1 aromatic carbocycles. The highest BCUT2D eigenvalue weighted by Gasteiger charge is 2.42. The maximum absolute atomic E-state index is 11.1. The lowest BCUT2D eigenvalue weighted by molar-refractivity contribution is -0.0562. The van der Waals surface area contributed by atoms with E-state index in [4.69, 9.17) is 0 Å². The number of piperidine rings is 3. The fraction of sp³-hybridized carbons (Fsp3) is 0.526. The van der Waals surface area contributed by atoms with Crippen molar-refractivity contribution < 1.29 is 5.11 Å². The molecule has 3 fully saturated rings. The Kier molecular flexibility index (Phi) is 3.63. The minimum absolute atomic E-state index is 0.271. The molecular formula is C19H24N2O. The molecule has 0 amide bonds. The van der Waals surface area contributed by atoms with Crippen LogP contribution in [0.1, 0.15) is 37.9 Å². The Morgan fingerprint density at radius 1 is 1.32 bits per heavy atom. The molecule has 3 nitrogen and oxygen atoms in total. The number of fused-ring (bicyclic) bond motifs is 4. The highest BCUT2D eigenvalue weighted by atomic mass is 16.3. The molecule has 22 heavy (non-hydrogen) atoms. The van der Waals surface area contributed by atoms with E-state index in [-0.39, 0.29) is 6.04 Å². The van der Waals surface area contributed by atoms with Gasteiger partial charge < -0.3 is 5.11 Å². The summed E-state index contributed by atoms with van der Waals surface area (Å²) in [6.45, 7) is 4.60. The summed E-state index contributed by atoms with van der Waals surface area (Å²) in [7, 11) is 0. The normalized spacial score (nSPS) is 32.3. The van der Waals surface area contributed by atoms with Gasteiger partial charge in [0.25, 0.3) is 0 Å². The predicted octanol–water partition coefficient (Wildman–Crippen LogP) is 3.39. The Morgan fingerprint density at radius 3 is 2.95 bits per heavy atom. The molecule has 0 saturated carbocycles. The Hall–Kier alpha value is -1.45. The van der Waals surface area contributed by atoms with Crippen molar-refractivity contribution in [3.63, 3.8) is 0 Å². The first kappa shape index (κ1) is 14.2. The van der Waals surface area contributed by atoms with Gasteiger partial charge in [0.15, 0.2) is 0 Å². The lowest BCUT2D eigenvalue weighted by Gasteiger charge is -2.51. The number of benzene rings is 1. The minimum Gasteiger partial charge on any atom is -0.387 e. The standard InChI is InChI=1S/C19H24N2O/c1-2-13-12-21-10-8-14(13)11-18(21)19(22)16-7-9-20-17-6-4-3-5-15(16)17/h3-7,9,13-14,18-19,22H,2,8,10-12H2,1H3/t13-,14?,18?,19-/m0/s1. The largest absolute Gasteiger partial charge is 0.387 e. The van der Waals surface area contributed by atoms with Gasteiger partial charge in [-0.25, -0.2) is 0 Å². The number of aromatic nitrogens is 1. The van der Waals surface area contributed by atoms with Crippen molar-refractivity contribution in [2.75, 3.05) is 13.1 Å². The van der Waals surface area contributed by atoms with Crippen molar-refractivity contribution in [1.82, 2.24) is 9.88 Å². The van der Waals surface area contributed by atoms with Crippen LogP contribution in [0.5, 0.6) is 0 Å². The van der Waals surface area contributed by atoms with Gasteiger partial charge in [-0.05, 0) is 48.9 Å². The summed E-state index contributed by atoms with van der Waals surface area (Å²) in [6.07, 6.45) is 5.12. The highest BCUT2D eigenvalue weighted by molar-refractivity contribution is 5.82. The molecule has 2 bridgehead atoms. The summed E-state index contributed by atoms with van der Waals surface area (Å²) in [5.74, 6) is 1.62. The summed E-state index contributed by atoms with van der Waals surface area (Å²) < 4.78 is 0. The maximum atomic E-state index is 11.1.